The van der Waals surface area contributed by atoms with Crippen LogP contribution < -0.4 is 5.32 Å². The minimum atomic E-state index is -0.230. The van der Waals surface area contributed by atoms with Crippen molar-refractivity contribution in [3.8, 4) is 0 Å². The van der Waals surface area contributed by atoms with Gasteiger partial charge in [-0.05, 0) is 50.0 Å². The molecule has 1 saturated heterocycles. The van der Waals surface area contributed by atoms with E-state index in [1.54, 1.807) is 0 Å². The van der Waals surface area contributed by atoms with Gasteiger partial charge in [-0.15, -0.1) is 0 Å². The first-order valence-electron chi connectivity index (χ1n) is 8.54. The van der Waals surface area contributed by atoms with Crippen LogP contribution in [0.15, 0.2) is 36.9 Å². The summed E-state index contributed by atoms with van der Waals surface area (Å²) in [5.74, 6) is -0.0460. The number of aryl methyl sites for hydroxylation is 1. The summed E-state index contributed by atoms with van der Waals surface area (Å²) < 4.78 is 5.64. The molecule has 130 valence electrons. The summed E-state index contributed by atoms with van der Waals surface area (Å²) in [6.45, 7) is 7.64. The maximum Gasteiger partial charge on any atom is 0.247 e. The number of amides is 2. The van der Waals surface area contributed by atoms with Gasteiger partial charge in [0.15, 0.2) is 0 Å². The van der Waals surface area contributed by atoms with Crippen LogP contribution in [0.25, 0.3) is 0 Å². The van der Waals surface area contributed by atoms with Gasteiger partial charge in [-0.3, -0.25) is 9.59 Å². The van der Waals surface area contributed by atoms with Gasteiger partial charge in [0.1, 0.15) is 0 Å². The molecular formula is C19H26N2O3. The number of anilines is 1. The molecular weight excluding hydrogens is 304 g/mol. The van der Waals surface area contributed by atoms with E-state index in [2.05, 4.69) is 11.9 Å². The number of ether oxygens (including phenoxy) is 1. The fraction of sp³-hybridized carbons (Fsp3) is 0.474. The van der Waals surface area contributed by atoms with Crippen LogP contribution in [0.5, 0.6) is 0 Å². The van der Waals surface area contributed by atoms with Gasteiger partial charge < -0.3 is 15.0 Å². The number of carbonyl (C=O) groups excluding carboxylic acids is 2. The van der Waals surface area contributed by atoms with Gasteiger partial charge in [0.2, 0.25) is 11.8 Å². The molecule has 0 radical (unpaired) electrons. The molecule has 0 saturated carbocycles. The van der Waals surface area contributed by atoms with Crippen molar-refractivity contribution in [2.75, 3.05) is 25.0 Å². The lowest BCUT2D eigenvalue weighted by Crippen LogP contribution is -2.43. The predicted molar refractivity (Wildman–Crippen MR) is 94.8 cm³/mol. The van der Waals surface area contributed by atoms with Crippen LogP contribution in [0.4, 0.5) is 5.69 Å². The van der Waals surface area contributed by atoms with E-state index in [-0.39, 0.29) is 17.9 Å². The van der Waals surface area contributed by atoms with Gasteiger partial charge in [0.25, 0.3) is 0 Å². The Morgan fingerprint density at radius 2 is 2.12 bits per heavy atom. The first-order valence-corrected chi connectivity index (χ1v) is 8.54. The molecule has 0 aromatic heterocycles. The van der Waals surface area contributed by atoms with Crippen LogP contribution in [0.3, 0.4) is 0 Å². The minimum Gasteiger partial charge on any atom is -0.377 e. The molecule has 2 rings (SSSR count). The lowest BCUT2D eigenvalue weighted by atomic mass is 10.1. The molecule has 1 aliphatic heterocycles. The molecule has 0 bridgehead atoms. The van der Waals surface area contributed by atoms with E-state index in [4.69, 9.17) is 4.74 Å². The van der Waals surface area contributed by atoms with Crippen LogP contribution in [0.2, 0.25) is 0 Å². The second-order valence-electron chi connectivity index (χ2n) is 5.95. The van der Waals surface area contributed by atoms with E-state index in [1.807, 2.05) is 36.1 Å². The molecule has 1 N–H and O–H groups in total. The van der Waals surface area contributed by atoms with Gasteiger partial charge in [-0.1, -0.05) is 18.7 Å². The second kappa shape index (κ2) is 9.23. The van der Waals surface area contributed by atoms with Gasteiger partial charge in [0.05, 0.1) is 6.10 Å². The lowest BCUT2D eigenvalue weighted by molar-refractivity contribution is -0.135. The van der Waals surface area contributed by atoms with Gasteiger partial charge in [0, 0.05) is 31.8 Å². The zero-order valence-electron chi connectivity index (χ0n) is 14.3. The maximum atomic E-state index is 12.4. The minimum absolute atomic E-state index is 0.181. The third kappa shape index (κ3) is 5.49. The van der Waals surface area contributed by atoms with E-state index in [1.165, 1.54) is 6.08 Å². The Bertz CT molecular complexity index is 566. The highest BCUT2D eigenvalue weighted by atomic mass is 16.5. The van der Waals surface area contributed by atoms with E-state index in [0.717, 1.165) is 30.6 Å². The number of carbonyl (C=O) groups is 2. The van der Waals surface area contributed by atoms with Crippen LogP contribution in [-0.4, -0.2) is 42.5 Å². The standard InChI is InChI=1S/C19H26N2O3/c1-3-18(22)20-16-10-7-15(8-11-16)9-12-19(23)21-13-5-6-17(14-21)24-4-2/h3,7-8,10-11,17H,1,4-6,9,12-14H2,2H3,(H,20,22). The molecule has 1 fully saturated rings. The van der Waals surface area contributed by atoms with E-state index < -0.39 is 0 Å². The Morgan fingerprint density at radius 1 is 1.38 bits per heavy atom. The summed E-state index contributed by atoms with van der Waals surface area (Å²) in [4.78, 5) is 25.5. The van der Waals surface area contributed by atoms with Crippen molar-refractivity contribution in [2.24, 2.45) is 0 Å². The van der Waals surface area contributed by atoms with Crippen molar-refractivity contribution in [3.05, 3.63) is 42.5 Å². The summed E-state index contributed by atoms with van der Waals surface area (Å²) in [6.07, 6.45) is 4.66. The number of benzene rings is 1. The number of rotatable bonds is 7. The summed E-state index contributed by atoms with van der Waals surface area (Å²) in [6, 6.07) is 7.55. The van der Waals surface area contributed by atoms with Crippen molar-refractivity contribution < 1.29 is 14.3 Å². The van der Waals surface area contributed by atoms with E-state index >= 15 is 0 Å². The molecule has 1 atom stereocenters. The highest BCUT2D eigenvalue weighted by Gasteiger charge is 2.23. The van der Waals surface area contributed by atoms with Gasteiger partial charge >= 0.3 is 0 Å². The molecule has 24 heavy (non-hydrogen) atoms. The van der Waals surface area contributed by atoms with Crippen LogP contribution in [0, 0.1) is 0 Å². The van der Waals surface area contributed by atoms with Crippen LogP contribution >= 0.6 is 0 Å². The number of nitrogens with one attached hydrogen (secondary N) is 1. The fourth-order valence-corrected chi connectivity index (χ4v) is 2.89. The average molecular weight is 330 g/mol. The first kappa shape index (κ1) is 18.2. The monoisotopic (exact) mass is 330 g/mol. The summed E-state index contributed by atoms with van der Waals surface area (Å²) >= 11 is 0. The summed E-state index contributed by atoms with van der Waals surface area (Å²) in [5, 5.41) is 2.71. The zero-order chi connectivity index (χ0) is 17.4. The Labute approximate surface area is 143 Å². The second-order valence-corrected chi connectivity index (χ2v) is 5.95. The smallest absolute Gasteiger partial charge is 0.247 e. The molecule has 2 amide bonds. The highest BCUT2D eigenvalue weighted by Crippen LogP contribution is 2.16. The topological polar surface area (TPSA) is 58.6 Å². The van der Waals surface area contributed by atoms with Gasteiger partial charge in [-0.25, -0.2) is 0 Å². The molecule has 5 nitrogen and oxygen atoms in total. The third-order valence-electron chi connectivity index (χ3n) is 4.17. The third-order valence-corrected chi connectivity index (χ3v) is 4.17. The number of likely N-dealkylation sites (tertiary alicyclic amines) is 1. The molecule has 1 aromatic carbocycles. The van der Waals surface area contributed by atoms with Crippen molar-refractivity contribution >= 4 is 17.5 Å². The molecule has 1 aliphatic rings. The molecule has 1 unspecified atom stereocenters. The summed E-state index contributed by atoms with van der Waals surface area (Å²) in [7, 11) is 0. The van der Waals surface area contributed by atoms with Crippen molar-refractivity contribution in [1.29, 1.82) is 0 Å². The molecule has 0 spiro atoms. The lowest BCUT2D eigenvalue weighted by Gasteiger charge is -2.32. The molecule has 0 aliphatic carbocycles. The predicted octanol–water partition coefficient (Wildman–Crippen LogP) is 2.77. The Hall–Kier alpha value is -2.14. The number of hydrogen-bond acceptors (Lipinski definition) is 3. The van der Waals surface area contributed by atoms with Crippen molar-refractivity contribution in [1.82, 2.24) is 4.90 Å². The molecule has 1 heterocycles. The highest BCUT2D eigenvalue weighted by molar-refractivity contribution is 5.98. The largest absolute Gasteiger partial charge is 0.377 e. The molecule has 1 aromatic rings. The number of hydrogen-bond donors (Lipinski definition) is 1. The Kier molecular flexibility index (Phi) is 7.00. The fourth-order valence-electron chi connectivity index (χ4n) is 2.89. The normalized spacial score (nSPS) is 17.4. The molecule has 5 heteroatoms. The number of nitrogens with zero attached hydrogens (tertiary/aromatic N) is 1. The van der Waals surface area contributed by atoms with Crippen LogP contribution in [0.1, 0.15) is 31.7 Å². The zero-order valence-corrected chi connectivity index (χ0v) is 14.3. The van der Waals surface area contributed by atoms with E-state index in [0.29, 0.717) is 26.0 Å². The van der Waals surface area contributed by atoms with Crippen molar-refractivity contribution in [2.45, 2.75) is 38.7 Å². The SMILES string of the molecule is C=CC(=O)Nc1ccc(CCC(=O)N2CCCC(OCC)C2)cc1. The quantitative estimate of drug-likeness (QED) is 0.782. The van der Waals surface area contributed by atoms with E-state index in [9.17, 15) is 9.59 Å². The summed E-state index contributed by atoms with van der Waals surface area (Å²) in [5.41, 5.74) is 1.81. The van der Waals surface area contributed by atoms with Crippen LogP contribution in [-0.2, 0) is 20.7 Å². The first-order chi connectivity index (χ1) is 11.6. The van der Waals surface area contributed by atoms with Crippen molar-refractivity contribution in [3.63, 3.8) is 0 Å². The Morgan fingerprint density at radius 3 is 2.79 bits per heavy atom. The van der Waals surface area contributed by atoms with Gasteiger partial charge in [-0.2, -0.15) is 0 Å². The average Bonchev–Trinajstić information content (AvgIpc) is 2.61. The maximum absolute atomic E-state index is 12.4. The Balaban J connectivity index is 1.80. The number of piperidine rings is 1.